The first-order valence-corrected chi connectivity index (χ1v) is 8.02. The first-order valence-electron chi connectivity index (χ1n) is 7.64. The average molecular weight is 360 g/mol. The van der Waals surface area contributed by atoms with E-state index < -0.39 is 11.4 Å². The third-order valence-corrected chi connectivity index (χ3v) is 4.19. The molecule has 1 unspecified atom stereocenters. The van der Waals surface area contributed by atoms with Crippen molar-refractivity contribution in [2.75, 3.05) is 0 Å². The zero-order chi connectivity index (χ0) is 18.0. The van der Waals surface area contributed by atoms with Crippen LogP contribution in [0, 0.1) is 5.82 Å². The molecule has 25 heavy (non-hydrogen) atoms. The molecule has 1 amide bonds. The number of nitrogens with zero attached hydrogens (tertiary/aromatic N) is 2. The molecule has 0 aliphatic carbocycles. The summed E-state index contributed by atoms with van der Waals surface area (Å²) in [5, 5.41) is 3.47. The minimum absolute atomic E-state index is 0.134. The fraction of sp³-hybridized carbons (Fsp3) is 0.167. The van der Waals surface area contributed by atoms with Crippen LogP contribution >= 0.6 is 11.6 Å². The Bertz CT molecular complexity index is 1000. The molecule has 7 heteroatoms. The molecule has 0 spiro atoms. The molecule has 128 valence electrons. The maximum Gasteiger partial charge on any atom is 0.261 e. The van der Waals surface area contributed by atoms with E-state index in [2.05, 4.69) is 10.3 Å². The Morgan fingerprint density at radius 1 is 1.32 bits per heavy atom. The van der Waals surface area contributed by atoms with Gasteiger partial charge in [0.2, 0.25) is 5.91 Å². The smallest absolute Gasteiger partial charge is 0.261 e. The summed E-state index contributed by atoms with van der Waals surface area (Å²) >= 11 is 6.12. The van der Waals surface area contributed by atoms with Crippen LogP contribution in [0.1, 0.15) is 18.5 Å². The zero-order valence-electron chi connectivity index (χ0n) is 13.4. The normalized spacial score (nSPS) is 12.1. The monoisotopic (exact) mass is 359 g/mol. The number of aromatic nitrogens is 2. The minimum Gasteiger partial charge on any atom is -0.348 e. The van der Waals surface area contributed by atoms with E-state index in [-0.39, 0.29) is 23.9 Å². The van der Waals surface area contributed by atoms with Crippen LogP contribution in [0.3, 0.4) is 0 Å². The largest absolute Gasteiger partial charge is 0.348 e. The Labute approximate surface area is 148 Å². The van der Waals surface area contributed by atoms with Gasteiger partial charge in [-0.1, -0.05) is 29.8 Å². The molecule has 1 atom stereocenters. The molecule has 3 aromatic rings. The Morgan fingerprint density at radius 3 is 2.84 bits per heavy atom. The quantitative estimate of drug-likeness (QED) is 0.778. The number of carbonyl (C=O) groups is 1. The second-order valence-electron chi connectivity index (χ2n) is 5.65. The molecule has 1 heterocycles. The van der Waals surface area contributed by atoms with Crippen molar-refractivity contribution >= 4 is 28.4 Å². The van der Waals surface area contributed by atoms with Crippen molar-refractivity contribution in [1.29, 1.82) is 0 Å². The predicted molar refractivity (Wildman–Crippen MR) is 94.0 cm³/mol. The van der Waals surface area contributed by atoms with Crippen molar-refractivity contribution < 1.29 is 9.18 Å². The van der Waals surface area contributed by atoms with Crippen molar-refractivity contribution in [1.82, 2.24) is 14.9 Å². The number of fused-ring (bicyclic) bond motifs is 1. The molecule has 1 N–H and O–H groups in total. The Hall–Kier alpha value is -2.73. The van der Waals surface area contributed by atoms with E-state index in [1.54, 1.807) is 19.1 Å². The molecule has 2 aromatic carbocycles. The van der Waals surface area contributed by atoms with E-state index in [4.69, 9.17) is 11.6 Å². The number of rotatable bonds is 4. The molecule has 0 radical (unpaired) electrons. The van der Waals surface area contributed by atoms with E-state index in [0.717, 1.165) is 16.2 Å². The summed E-state index contributed by atoms with van der Waals surface area (Å²) in [5.74, 6) is -0.895. The molecule has 0 aliphatic rings. The fourth-order valence-electron chi connectivity index (χ4n) is 2.59. The molecule has 0 saturated heterocycles. The molecular weight excluding hydrogens is 345 g/mol. The summed E-state index contributed by atoms with van der Waals surface area (Å²) < 4.78 is 14.5. The number of benzene rings is 2. The third-order valence-electron chi connectivity index (χ3n) is 3.85. The fourth-order valence-corrected chi connectivity index (χ4v) is 2.89. The van der Waals surface area contributed by atoms with Crippen LogP contribution < -0.4 is 10.9 Å². The Kier molecular flexibility index (Phi) is 4.81. The third kappa shape index (κ3) is 3.69. The van der Waals surface area contributed by atoms with Crippen LogP contribution in [0.4, 0.5) is 4.39 Å². The zero-order valence-corrected chi connectivity index (χ0v) is 14.1. The molecule has 3 rings (SSSR count). The van der Waals surface area contributed by atoms with Gasteiger partial charge in [-0.2, -0.15) is 0 Å². The number of halogens is 2. The van der Waals surface area contributed by atoms with Crippen LogP contribution in [0.15, 0.2) is 53.6 Å². The highest BCUT2D eigenvalue weighted by molar-refractivity contribution is 6.31. The SMILES string of the molecule is CC(NC(=O)Cn1cnc2ccc(F)cc2c1=O)c1ccccc1Cl. The first kappa shape index (κ1) is 17.1. The molecule has 0 bridgehead atoms. The van der Waals surface area contributed by atoms with E-state index in [9.17, 15) is 14.0 Å². The number of hydrogen-bond acceptors (Lipinski definition) is 3. The van der Waals surface area contributed by atoms with Gasteiger partial charge in [0.15, 0.2) is 0 Å². The van der Waals surface area contributed by atoms with E-state index in [1.165, 1.54) is 18.5 Å². The second-order valence-corrected chi connectivity index (χ2v) is 6.06. The van der Waals surface area contributed by atoms with Gasteiger partial charge < -0.3 is 5.32 Å². The lowest BCUT2D eigenvalue weighted by Crippen LogP contribution is -2.34. The van der Waals surface area contributed by atoms with Gasteiger partial charge in [0, 0.05) is 5.02 Å². The summed E-state index contributed by atoms with van der Waals surface area (Å²) in [6, 6.07) is 10.7. The van der Waals surface area contributed by atoms with Crippen molar-refractivity contribution in [2.45, 2.75) is 19.5 Å². The van der Waals surface area contributed by atoms with E-state index in [1.807, 2.05) is 12.1 Å². The summed E-state index contributed by atoms with van der Waals surface area (Å²) in [6.45, 7) is 1.59. The molecule has 0 aliphatic heterocycles. The molecule has 5 nitrogen and oxygen atoms in total. The van der Waals surface area contributed by atoms with Gasteiger partial charge >= 0.3 is 0 Å². The minimum atomic E-state index is -0.527. The maximum absolute atomic E-state index is 13.3. The lowest BCUT2D eigenvalue weighted by Gasteiger charge is -2.16. The van der Waals surface area contributed by atoms with Crippen molar-refractivity contribution in [3.63, 3.8) is 0 Å². The van der Waals surface area contributed by atoms with Gasteiger partial charge in [-0.05, 0) is 36.8 Å². The lowest BCUT2D eigenvalue weighted by molar-refractivity contribution is -0.122. The Balaban J connectivity index is 1.79. The summed E-state index contributed by atoms with van der Waals surface area (Å²) in [7, 11) is 0. The standard InChI is InChI=1S/C18H15ClFN3O2/c1-11(13-4-2-3-5-15(13)19)22-17(24)9-23-10-21-16-7-6-12(20)8-14(16)18(23)25/h2-8,10-11H,9H2,1H3,(H,22,24). The molecule has 0 saturated carbocycles. The van der Waals surface area contributed by atoms with Gasteiger partial charge in [0.25, 0.3) is 5.56 Å². The summed E-state index contributed by atoms with van der Waals surface area (Å²) in [4.78, 5) is 28.7. The number of nitrogens with one attached hydrogen (secondary N) is 1. The highest BCUT2D eigenvalue weighted by Gasteiger charge is 2.14. The molecule has 1 aromatic heterocycles. The maximum atomic E-state index is 13.3. The average Bonchev–Trinajstić information content (AvgIpc) is 2.58. The van der Waals surface area contributed by atoms with Crippen LogP contribution in [-0.2, 0) is 11.3 Å². The van der Waals surface area contributed by atoms with Crippen molar-refractivity contribution in [3.8, 4) is 0 Å². The van der Waals surface area contributed by atoms with Gasteiger partial charge in [-0.3, -0.25) is 14.2 Å². The predicted octanol–water partition coefficient (Wildman–Crippen LogP) is 3.07. The number of carbonyl (C=O) groups excluding carboxylic acids is 1. The van der Waals surface area contributed by atoms with Crippen LogP contribution in [0.5, 0.6) is 0 Å². The summed E-state index contributed by atoms with van der Waals surface area (Å²) in [5.41, 5.74) is 0.695. The van der Waals surface area contributed by atoms with Gasteiger partial charge in [0.05, 0.1) is 23.3 Å². The van der Waals surface area contributed by atoms with Gasteiger partial charge in [-0.15, -0.1) is 0 Å². The summed E-state index contributed by atoms with van der Waals surface area (Å²) in [6.07, 6.45) is 1.28. The number of amides is 1. The molecular formula is C18H15ClFN3O2. The number of hydrogen-bond donors (Lipinski definition) is 1. The van der Waals surface area contributed by atoms with Crippen LogP contribution in [-0.4, -0.2) is 15.5 Å². The van der Waals surface area contributed by atoms with Gasteiger partial charge in [0.1, 0.15) is 12.4 Å². The highest BCUT2D eigenvalue weighted by atomic mass is 35.5. The van der Waals surface area contributed by atoms with Crippen molar-refractivity contribution in [3.05, 3.63) is 75.5 Å². The lowest BCUT2D eigenvalue weighted by atomic mass is 10.1. The topological polar surface area (TPSA) is 64.0 Å². The Morgan fingerprint density at radius 2 is 2.08 bits per heavy atom. The van der Waals surface area contributed by atoms with E-state index >= 15 is 0 Å². The van der Waals surface area contributed by atoms with Crippen LogP contribution in [0.2, 0.25) is 5.02 Å². The van der Waals surface area contributed by atoms with Crippen molar-refractivity contribution in [2.24, 2.45) is 0 Å². The first-order chi connectivity index (χ1) is 12.0. The molecule has 0 fully saturated rings. The van der Waals surface area contributed by atoms with Crippen LogP contribution in [0.25, 0.3) is 10.9 Å². The van der Waals surface area contributed by atoms with E-state index in [0.29, 0.717) is 10.5 Å². The van der Waals surface area contributed by atoms with Gasteiger partial charge in [-0.25, -0.2) is 9.37 Å². The highest BCUT2D eigenvalue weighted by Crippen LogP contribution is 2.22. The second kappa shape index (κ2) is 7.03.